The quantitative estimate of drug-likeness (QED) is 0.148. The summed E-state index contributed by atoms with van der Waals surface area (Å²) in [5, 5.41) is 24.3. The summed E-state index contributed by atoms with van der Waals surface area (Å²) in [6, 6.07) is 14.9. The standard InChI is InChI=1S/C29H17F4N3O6/c30-20-8-4-14(10-19(20)28(39)40)17-2-1-3-21(26(17)37)34-35-25-18-7-5-15(29(31,32)33)11-22(18)36(27(25)38)16-6-9-23-24(12-16)42-13-41-23/h1-12,34,37H,13H2,(H,39,40)/b35-25-. The van der Waals surface area contributed by atoms with Crippen LogP contribution in [0.2, 0.25) is 0 Å². The summed E-state index contributed by atoms with van der Waals surface area (Å²) < 4.78 is 65.3. The van der Waals surface area contributed by atoms with Crippen molar-refractivity contribution in [3.05, 3.63) is 95.3 Å². The van der Waals surface area contributed by atoms with Gasteiger partial charge in [-0.3, -0.25) is 15.1 Å². The monoisotopic (exact) mass is 579 g/mol. The summed E-state index contributed by atoms with van der Waals surface area (Å²) in [7, 11) is 0. The van der Waals surface area contributed by atoms with Crippen LogP contribution in [0.15, 0.2) is 77.9 Å². The maximum atomic E-state index is 13.9. The normalized spacial score (nSPS) is 14.8. The summed E-state index contributed by atoms with van der Waals surface area (Å²) in [5.74, 6) is -2.87. The highest BCUT2D eigenvalue weighted by atomic mass is 19.4. The summed E-state index contributed by atoms with van der Waals surface area (Å²) in [6.45, 7) is -0.0454. The zero-order chi connectivity index (χ0) is 29.8. The number of hydrogen-bond donors (Lipinski definition) is 3. The molecule has 1 amide bonds. The molecule has 0 aliphatic carbocycles. The number of carbonyl (C=O) groups excluding carboxylic acids is 1. The van der Waals surface area contributed by atoms with Crippen LogP contribution in [0.4, 0.5) is 34.6 Å². The first-order valence-corrected chi connectivity index (χ1v) is 12.2. The number of nitrogens with one attached hydrogen (secondary N) is 1. The molecular weight excluding hydrogens is 562 g/mol. The highest BCUT2D eigenvalue weighted by Gasteiger charge is 2.39. The van der Waals surface area contributed by atoms with E-state index in [0.29, 0.717) is 11.5 Å². The zero-order valence-corrected chi connectivity index (χ0v) is 21.1. The van der Waals surface area contributed by atoms with E-state index >= 15 is 0 Å². The second kappa shape index (κ2) is 9.80. The van der Waals surface area contributed by atoms with Gasteiger partial charge >= 0.3 is 12.1 Å². The Morgan fingerprint density at radius 2 is 1.74 bits per heavy atom. The molecule has 2 heterocycles. The molecule has 0 bridgehead atoms. The Balaban J connectivity index is 1.40. The smallest absolute Gasteiger partial charge is 0.416 e. The molecule has 42 heavy (non-hydrogen) atoms. The second-order valence-corrected chi connectivity index (χ2v) is 9.18. The van der Waals surface area contributed by atoms with Crippen LogP contribution in [0, 0.1) is 5.82 Å². The van der Waals surface area contributed by atoms with E-state index in [9.17, 15) is 37.4 Å². The van der Waals surface area contributed by atoms with Gasteiger partial charge < -0.3 is 19.7 Å². The maximum absolute atomic E-state index is 13.9. The van der Waals surface area contributed by atoms with Crippen molar-refractivity contribution in [1.29, 1.82) is 0 Å². The Bertz CT molecular complexity index is 1820. The molecule has 0 saturated carbocycles. The zero-order valence-electron chi connectivity index (χ0n) is 21.1. The number of anilines is 3. The molecule has 4 aromatic carbocycles. The number of hydrazone groups is 1. The number of benzene rings is 4. The molecule has 2 aliphatic rings. The number of amides is 1. The Morgan fingerprint density at radius 3 is 2.50 bits per heavy atom. The van der Waals surface area contributed by atoms with Crippen LogP contribution in [0.3, 0.4) is 0 Å². The Hall–Kier alpha value is -5.59. The first-order valence-electron chi connectivity index (χ1n) is 12.2. The molecule has 0 saturated heterocycles. The van der Waals surface area contributed by atoms with Crippen LogP contribution in [0.25, 0.3) is 11.1 Å². The number of carboxylic acid groups (broad SMARTS) is 1. The van der Waals surface area contributed by atoms with E-state index in [2.05, 4.69) is 10.5 Å². The molecule has 2 aliphatic heterocycles. The SMILES string of the molecule is O=C(O)c1cc(-c2cccc(N/N=C3\C(=O)N(c4ccc5c(c4)OCO5)c4cc(C(F)(F)F)ccc43)c2O)ccc1F. The lowest BCUT2D eigenvalue weighted by molar-refractivity contribution is -0.137. The topological polar surface area (TPSA) is 121 Å². The lowest BCUT2D eigenvalue weighted by Crippen LogP contribution is -2.26. The number of para-hydroxylation sites is 1. The number of aromatic hydroxyl groups is 1. The first kappa shape index (κ1) is 26.6. The molecular formula is C29H17F4N3O6. The van der Waals surface area contributed by atoms with Crippen molar-refractivity contribution in [3.8, 4) is 28.4 Å². The molecule has 0 unspecified atom stereocenters. The van der Waals surface area contributed by atoms with Crippen LogP contribution < -0.4 is 19.8 Å². The molecule has 6 rings (SSSR count). The number of fused-ring (bicyclic) bond motifs is 2. The average Bonchev–Trinajstić information content (AvgIpc) is 3.53. The van der Waals surface area contributed by atoms with E-state index in [0.717, 1.165) is 35.2 Å². The van der Waals surface area contributed by atoms with Gasteiger partial charge in [-0.1, -0.05) is 18.2 Å². The molecule has 0 fully saturated rings. The van der Waals surface area contributed by atoms with Crippen LogP contribution >= 0.6 is 0 Å². The van der Waals surface area contributed by atoms with Crippen molar-refractivity contribution < 1.29 is 46.8 Å². The Morgan fingerprint density at radius 1 is 0.952 bits per heavy atom. The van der Waals surface area contributed by atoms with Gasteiger partial charge in [-0.2, -0.15) is 18.3 Å². The number of carboxylic acids is 1. The fourth-order valence-electron chi connectivity index (χ4n) is 4.65. The van der Waals surface area contributed by atoms with Gasteiger partial charge in [0.1, 0.15) is 11.6 Å². The van der Waals surface area contributed by atoms with Gasteiger partial charge in [0, 0.05) is 17.2 Å². The lowest BCUT2D eigenvalue weighted by Gasteiger charge is -2.18. The van der Waals surface area contributed by atoms with Gasteiger partial charge in [-0.25, -0.2) is 9.18 Å². The third-order valence-electron chi connectivity index (χ3n) is 6.67. The number of carbonyl (C=O) groups is 2. The van der Waals surface area contributed by atoms with Crippen LogP contribution in [-0.4, -0.2) is 34.6 Å². The molecule has 212 valence electrons. The molecule has 3 N–H and O–H groups in total. The number of hydrogen-bond acceptors (Lipinski definition) is 7. The van der Waals surface area contributed by atoms with Gasteiger partial charge in [-0.05, 0) is 54.1 Å². The number of phenolic OH excluding ortho intramolecular Hbond substituents is 1. The molecule has 0 aromatic heterocycles. The minimum Gasteiger partial charge on any atom is -0.505 e. The summed E-state index contributed by atoms with van der Waals surface area (Å²) in [4.78, 5) is 26.0. The molecule has 9 nitrogen and oxygen atoms in total. The molecule has 0 atom stereocenters. The van der Waals surface area contributed by atoms with Gasteiger partial charge in [0.2, 0.25) is 6.79 Å². The molecule has 0 radical (unpaired) electrons. The predicted molar refractivity (Wildman–Crippen MR) is 142 cm³/mol. The second-order valence-electron chi connectivity index (χ2n) is 9.18. The van der Waals surface area contributed by atoms with Crippen molar-refractivity contribution in [2.24, 2.45) is 5.10 Å². The number of phenols is 1. The van der Waals surface area contributed by atoms with Crippen LogP contribution in [0.1, 0.15) is 21.5 Å². The average molecular weight is 579 g/mol. The summed E-state index contributed by atoms with van der Waals surface area (Å²) in [6.07, 6.45) is -4.68. The lowest BCUT2D eigenvalue weighted by atomic mass is 10.0. The fraction of sp³-hybridized carbons (Fsp3) is 0.0690. The number of aromatic carboxylic acids is 1. The molecule has 4 aromatic rings. The van der Waals surface area contributed by atoms with E-state index in [1.807, 2.05) is 0 Å². The highest BCUT2D eigenvalue weighted by Crippen LogP contribution is 2.44. The largest absolute Gasteiger partial charge is 0.505 e. The van der Waals surface area contributed by atoms with Crippen molar-refractivity contribution in [1.82, 2.24) is 0 Å². The van der Waals surface area contributed by atoms with E-state index in [4.69, 9.17) is 9.47 Å². The Kier molecular flexibility index (Phi) is 6.21. The number of alkyl halides is 3. The maximum Gasteiger partial charge on any atom is 0.416 e. The van der Waals surface area contributed by atoms with Crippen molar-refractivity contribution in [2.45, 2.75) is 6.18 Å². The van der Waals surface area contributed by atoms with Gasteiger partial charge in [-0.15, -0.1) is 0 Å². The minimum absolute atomic E-state index is 0.0102. The van der Waals surface area contributed by atoms with E-state index in [1.54, 1.807) is 0 Å². The summed E-state index contributed by atoms with van der Waals surface area (Å²) in [5.41, 5.74) is 1.33. The third-order valence-corrected chi connectivity index (χ3v) is 6.67. The third kappa shape index (κ3) is 4.50. The van der Waals surface area contributed by atoms with Gasteiger partial charge in [0.05, 0.1) is 28.2 Å². The number of nitrogens with zero attached hydrogens (tertiary/aromatic N) is 2. The number of halogens is 4. The van der Waals surface area contributed by atoms with Crippen molar-refractivity contribution >= 4 is 34.7 Å². The highest BCUT2D eigenvalue weighted by molar-refractivity contribution is 6.55. The molecule has 0 spiro atoms. The first-order chi connectivity index (χ1) is 20.0. The molecule has 13 heteroatoms. The summed E-state index contributed by atoms with van der Waals surface area (Å²) >= 11 is 0. The van der Waals surface area contributed by atoms with E-state index in [-0.39, 0.29) is 46.3 Å². The Labute approximate surface area is 233 Å². The van der Waals surface area contributed by atoms with Crippen molar-refractivity contribution in [3.63, 3.8) is 0 Å². The van der Waals surface area contributed by atoms with Crippen molar-refractivity contribution in [2.75, 3.05) is 17.1 Å². The van der Waals surface area contributed by atoms with Gasteiger partial charge in [0.15, 0.2) is 17.2 Å². The van der Waals surface area contributed by atoms with Crippen LogP contribution in [-0.2, 0) is 11.0 Å². The van der Waals surface area contributed by atoms with E-state index in [1.165, 1.54) is 42.5 Å². The number of ether oxygens (including phenoxy) is 2. The van der Waals surface area contributed by atoms with E-state index < -0.39 is 40.7 Å². The van der Waals surface area contributed by atoms with Crippen LogP contribution in [0.5, 0.6) is 17.2 Å². The fourth-order valence-corrected chi connectivity index (χ4v) is 4.65. The van der Waals surface area contributed by atoms with Gasteiger partial charge in [0.25, 0.3) is 5.91 Å². The number of rotatable bonds is 5. The predicted octanol–water partition coefficient (Wildman–Crippen LogP) is 6.14. The minimum atomic E-state index is -4.68.